The Hall–Kier alpha value is -2.20. The summed E-state index contributed by atoms with van der Waals surface area (Å²) in [6, 6.07) is 25.9. The molecule has 0 aliphatic carbocycles. The summed E-state index contributed by atoms with van der Waals surface area (Å²) in [5.41, 5.74) is 4.74. The van der Waals surface area contributed by atoms with Crippen molar-refractivity contribution in [2.45, 2.75) is 31.4 Å². The van der Waals surface area contributed by atoms with Crippen LogP contribution in [0.15, 0.2) is 78.9 Å². The molecule has 1 aliphatic rings. The fourth-order valence-electron chi connectivity index (χ4n) is 4.23. The lowest BCUT2D eigenvalue weighted by Crippen LogP contribution is -2.38. The maximum atomic E-state index is 13.5. The van der Waals surface area contributed by atoms with Crippen molar-refractivity contribution in [1.82, 2.24) is 5.32 Å². The molecule has 0 saturated heterocycles. The number of fused-ring (bicyclic) bond motifs is 1. The second-order valence-corrected chi connectivity index (χ2v) is 7.50. The van der Waals surface area contributed by atoms with Crippen LogP contribution in [0.25, 0.3) is 0 Å². The summed E-state index contributed by atoms with van der Waals surface area (Å²) in [5.74, 6) is -0.201. The van der Waals surface area contributed by atoms with E-state index < -0.39 is 0 Å². The molecule has 3 aromatic rings. The van der Waals surface area contributed by atoms with Crippen LogP contribution in [-0.2, 0) is 23.3 Å². The molecule has 1 atom stereocenters. The normalized spacial score (nSPS) is 18.0. The van der Waals surface area contributed by atoms with Gasteiger partial charge in [-0.3, -0.25) is 0 Å². The number of halogens is 2. The van der Waals surface area contributed by atoms with Gasteiger partial charge in [0.05, 0.1) is 13.2 Å². The van der Waals surface area contributed by atoms with Gasteiger partial charge in [0.15, 0.2) is 0 Å². The van der Waals surface area contributed by atoms with E-state index >= 15 is 0 Å². The molecule has 4 rings (SSSR count). The number of ether oxygens (including phenoxy) is 1. The van der Waals surface area contributed by atoms with Crippen molar-refractivity contribution in [1.29, 1.82) is 0 Å². The van der Waals surface area contributed by atoms with Crippen molar-refractivity contribution >= 4 is 12.4 Å². The Morgan fingerprint density at radius 2 is 1.62 bits per heavy atom. The topological polar surface area (TPSA) is 21.3 Å². The van der Waals surface area contributed by atoms with Crippen LogP contribution in [0.1, 0.15) is 35.1 Å². The van der Waals surface area contributed by atoms with Gasteiger partial charge in [-0.15, -0.1) is 12.4 Å². The first-order valence-corrected chi connectivity index (χ1v) is 9.95. The van der Waals surface area contributed by atoms with Crippen molar-refractivity contribution < 1.29 is 9.13 Å². The zero-order valence-electron chi connectivity index (χ0n) is 16.4. The average molecular weight is 412 g/mol. The predicted octanol–water partition coefficient (Wildman–Crippen LogP) is 5.63. The number of nitrogens with one attached hydrogen (secondary N) is 1. The second kappa shape index (κ2) is 10.0. The van der Waals surface area contributed by atoms with E-state index in [1.807, 2.05) is 18.2 Å². The molecule has 1 N–H and O–H groups in total. The maximum absolute atomic E-state index is 13.5. The molecule has 1 heterocycles. The molecule has 1 aliphatic heterocycles. The van der Waals surface area contributed by atoms with E-state index in [4.69, 9.17) is 4.74 Å². The molecule has 1 unspecified atom stereocenters. The smallest absolute Gasteiger partial charge is 0.123 e. The largest absolute Gasteiger partial charge is 0.375 e. The quantitative estimate of drug-likeness (QED) is 0.508. The molecule has 4 heteroatoms. The predicted molar refractivity (Wildman–Crippen MR) is 118 cm³/mol. The Morgan fingerprint density at radius 1 is 0.897 bits per heavy atom. The van der Waals surface area contributed by atoms with Crippen LogP contribution in [0.3, 0.4) is 0 Å². The van der Waals surface area contributed by atoms with Gasteiger partial charge in [0, 0.05) is 12.0 Å². The summed E-state index contributed by atoms with van der Waals surface area (Å²) >= 11 is 0. The summed E-state index contributed by atoms with van der Waals surface area (Å²) in [7, 11) is 0. The highest BCUT2D eigenvalue weighted by molar-refractivity contribution is 5.85. The number of benzene rings is 3. The van der Waals surface area contributed by atoms with Crippen LogP contribution in [0.4, 0.5) is 4.39 Å². The molecule has 3 aromatic carbocycles. The van der Waals surface area contributed by atoms with Crippen molar-refractivity contribution in [3.63, 3.8) is 0 Å². The van der Waals surface area contributed by atoms with Gasteiger partial charge >= 0.3 is 0 Å². The van der Waals surface area contributed by atoms with Crippen molar-refractivity contribution in [2.75, 3.05) is 13.2 Å². The van der Waals surface area contributed by atoms with Gasteiger partial charge in [-0.05, 0) is 53.8 Å². The van der Waals surface area contributed by atoms with E-state index in [1.165, 1.54) is 16.7 Å². The molecule has 0 bridgehead atoms. The van der Waals surface area contributed by atoms with Crippen molar-refractivity contribution in [3.8, 4) is 0 Å². The van der Waals surface area contributed by atoms with Gasteiger partial charge in [-0.1, -0.05) is 66.7 Å². The minimum Gasteiger partial charge on any atom is -0.375 e. The Morgan fingerprint density at radius 3 is 2.41 bits per heavy atom. The highest BCUT2D eigenvalue weighted by atomic mass is 35.5. The van der Waals surface area contributed by atoms with Crippen LogP contribution >= 0.6 is 12.4 Å². The Balaban J connectivity index is 0.00000240. The molecule has 0 aromatic heterocycles. The summed E-state index contributed by atoms with van der Waals surface area (Å²) < 4.78 is 19.6. The van der Waals surface area contributed by atoms with Gasteiger partial charge in [-0.25, -0.2) is 4.39 Å². The maximum Gasteiger partial charge on any atom is 0.123 e. The van der Waals surface area contributed by atoms with Crippen LogP contribution in [0.2, 0.25) is 0 Å². The fraction of sp³-hybridized carbons (Fsp3) is 0.280. The van der Waals surface area contributed by atoms with Crippen LogP contribution in [-0.4, -0.2) is 13.2 Å². The van der Waals surface area contributed by atoms with Crippen LogP contribution < -0.4 is 5.32 Å². The third-order valence-corrected chi connectivity index (χ3v) is 5.66. The van der Waals surface area contributed by atoms with E-state index in [2.05, 4.69) is 53.8 Å². The van der Waals surface area contributed by atoms with Crippen LogP contribution in [0, 0.1) is 5.82 Å². The summed E-state index contributed by atoms with van der Waals surface area (Å²) in [4.78, 5) is 0. The molecule has 29 heavy (non-hydrogen) atoms. The molecule has 0 fully saturated rings. The standard InChI is InChI=1S/C25H26FNO.ClH/c26-23-13-11-22(12-14-23)25(19-28-18-21-9-4-5-10-24(21)25)15-6-16-27-17-20-7-2-1-3-8-20;/h1-5,7-14,27H,6,15-19H2;1H. The number of hydrogen-bond donors (Lipinski definition) is 1. The third kappa shape index (κ3) is 4.87. The lowest BCUT2D eigenvalue weighted by molar-refractivity contribution is 0.0613. The Bertz CT molecular complexity index is 900. The zero-order chi connectivity index (χ0) is 19.2. The molecular formula is C25H27ClFNO. The van der Waals surface area contributed by atoms with E-state index in [0.717, 1.165) is 31.5 Å². The van der Waals surface area contributed by atoms with E-state index in [-0.39, 0.29) is 23.6 Å². The van der Waals surface area contributed by atoms with E-state index in [9.17, 15) is 4.39 Å². The average Bonchev–Trinajstić information content (AvgIpc) is 2.75. The van der Waals surface area contributed by atoms with E-state index in [1.54, 1.807) is 12.1 Å². The van der Waals surface area contributed by atoms with Crippen molar-refractivity contribution in [2.24, 2.45) is 0 Å². The van der Waals surface area contributed by atoms with Gasteiger partial charge < -0.3 is 10.1 Å². The highest BCUT2D eigenvalue weighted by Gasteiger charge is 2.38. The minimum absolute atomic E-state index is 0. The lowest BCUT2D eigenvalue weighted by Gasteiger charge is -2.40. The lowest BCUT2D eigenvalue weighted by atomic mass is 9.69. The van der Waals surface area contributed by atoms with Crippen molar-refractivity contribution in [3.05, 3.63) is 107 Å². The van der Waals surface area contributed by atoms with Gasteiger partial charge in [0.25, 0.3) is 0 Å². The zero-order valence-corrected chi connectivity index (χ0v) is 17.3. The highest BCUT2D eigenvalue weighted by Crippen LogP contribution is 2.42. The summed E-state index contributed by atoms with van der Waals surface area (Å²) in [6.45, 7) is 3.08. The molecule has 0 amide bonds. The first kappa shape index (κ1) is 21.5. The first-order chi connectivity index (χ1) is 13.8. The van der Waals surface area contributed by atoms with E-state index in [0.29, 0.717) is 13.2 Å². The molecule has 152 valence electrons. The Kier molecular flexibility index (Phi) is 7.43. The molecule has 0 radical (unpaired) electrons. The van der Waals surface area contributed by atoms with Gasteiger partial charge in [0.1, 0.15) is 5.82 Å². The number of hydrogen-bond acceptors (Lipinski definition) is 2. The molecule has 0 spiro atoms. The SMILES string of the molecule is Cl.Fc1ccc(C2(CCCNCc3ccccc3)COCc3ccccc32)cc1. The summed E-state index contributed by atoms with van der Waals surface area (Å²) in [5, 5.41) is 3.54. The Labute approximate surface area is 178 Å². The molecular weight excluding hydrogens is 385 g/mol. The van der Waals surface area contributed by atoms with Gasteiger partial charge in [-0.2, -0.15) is 0 Å². The summed E-state index contributed by atoms with van der Waals surface area (Å²) in [6.07, 6.45) is 1.97. The van der Waals surface area contributed by atoms with Gasteiger partial charge in [0.2, 0.25) is 0 Å². The minimum atomic E-state index is -0.225. The van der Waals surface area contributed by atoms with Crippen LogP contribution in [0.5, 0.6) is 0 Å². The first-order valence-electron chi connectivity index (χ1n) is 9.95. The monoisotopic (exact) mass is 411 g/mol. The third-order valence-electron chi connectivity index (χ3n) is 5.66. The number of rotatable bonds is 7. The fourth-order valence-corrected chi connectivity index (χ4v) is 4.23. The second-order valence-electron chi connectivity index (χ2n) is 7.50. The molecule has 0 saturated carbocycles. The molecule has 2 nitrogen and oxygen atoms in total.